The molecule has 1 fully saturated rings. The summed E-state index contributed by atoms with van der Waals surface area (Å²) in [6.45, 7) is 3.24. The summed E-state index contributed by atoms with van der Waals surface area (Å²) in [5, 5.41) is 8.44. The molecule has 4 aromatic rings. The van der Waals surface area contributed by atoms with Gasteiger partial charge >= 0.3 is 0 Å². The van der Waals surface area contributed by atoms with Gasteiger partial charge in [-0.05, 0) is 37.3 Å². The van der Waals surface area contributed by atoms with E-state index in [1.165, 1.54) is 6.33 Å². The quantitative estimate of drug-likeness (QED) is 0.424. The fourth-order valence-corrected chi connectivity index (χ4v) is 4.19. The third kappa shape index (κ3) is 3.96. The van der Waals surface area contributed by atoms with Crippen molar-refractivity contribution in [2.45, 2.75) is 31.8 Å². The smallest absolute Gasteiger partial charge is 0.270 e. The Morgan fingerprint density at radius 2 is 2.09 bits per heavy atom. The van der Waals surface area contributed by atoms with Crippen LogP contribution >= 0.6 is 11.6 Å². The molecule has 1 amide bonds. The Labute approximate surface area is 189 Å². The van der Waals surface area contributed by atoms with Gasteiger partial charge in [0.25, 0.3) is 5.91 Å². The van der Waals surface area contributed by atoms with E-state index in [9.17, 15) is 4.79 Å². The van der Waals surface area contributed by atoms with E-state index >= 15 is 0 Å². The molecule has 3 N–H and O–H groups in total. The summed E-state index contributed by atoms with van der Waals surface area (Å²) in [5.74, 6) is 0.378. The topological polar surface area (TPSA) is 118 Å². The lowest BCUT2D eigenvalue weighted by Crippen LogP contribution is -2.39. The van der Waals surface area contributed by atoms with Gasteiger partial charge in [-0.25, -0.2) is 19.9 Å². The van der Waals surface area contributed by atoms with Gasteiger partial charge in [0.1, 0.15) is 17.5 Å². The number of pyridine rings is 1. The highest BCUT2D eigenvalue weighted by Gasteiger charge is 2.22. The summed E-state index contributed by atoms with van der Waals surface area (Å²) in [5.41, 5.74) is 2.30. The summed E-state index contributed by atoms with van der Waals surface area (Å²) in [7, 11) is 0. The van der Waals surface area contributed by atoms with Crippen molar-refractivity contribution in [3.8, 4) is 0 Å². The maximum Gasteiger partial charge on any atom is 0.270 e. The molecule has 32 heavy (non-hydrogen) atoms. The number of aromatic amines is 1. The van der Waals surface area contributed by atoms with Crippen molar-refractivity contribution < 1.29 is 9.53 Å². The van der Waals surface area contributed by atoms with Crippen LogP contribution in [0.5, 0.6) is 0 Å². The van der Waals surface area contributed by atoms with Crippen LogP contribution in [0.25, 0.3) is 21.9 Å². The van der Waals surface area contributed by atoms with Crippen molar-refractivity contribution in [3.63, 3.8) is 0 Å². The molecule has 1 aromatic carbocycles. The Kier molecular flexibility index (Phi) is 5.59. The largest absolute Gasteiger partial charge is 0.381 e. The van der Waals surface area contributed by atoms with Crippen molar-refractivity contribution >= 4 is 45.3 Å². The molecule has 0 saturated carbocycles. The van der Waals surface area contributed by atoms with Gasteiger partial charge in [-0.2, -0.15) is 0 Å². The van der Waals surface area contributed by atoms with Crippen LogP contribution in [0.4, 0.5) is 5.82 Å². The molecule has 0 radical (unpaired) electrons. The zero-order valence-electron chi connectivity index (χ0n) is 17.4. The van der Waals surface area contributed by atoms with E-state index in [4.69, 9.17) is 21.3 Å². The molecule has 5 rings (SSSR count). The van der Waals surface area contributed by atoms with Crippen LogP contribution in [0.1, 0.15) is 42.0 Å². The van der Waals surface area contributed by atoms with Crippen LogP contribution in [0, 0.1) is 0 Å². The average Bonchev–Trinajstić information content (AvgIpc) is 3.29. The number of H-pyrrole nitrogens is 1. The van der Waals surface area contributed by atoms with Gasteiger partial charge in [-0.1, -0.05) is 23.7 Å². The second-order valence-electron chi connectivity index (χ2n) is 7.78. The number of anilines is 1. The highest BCUT2D eigenvalue weighted by molar-refractivity contribution is 6.36. The van der Waals surface area contributed by atoms with Crippen LogP contribution in [0.15, 0.2) is 36.9 Å². The fraction of sp³-hybridized carbons (Fsp3) is 0.318. The Balaban J connectivity index is 1.50. The number of nitrogens with one attached hydrogen (secondary N) is 3. The number of carbonyl (C=O) groups is 1. The van der Waals surface area contributed by atoms with E-state index in [2.05, 4.69) is 30.6 Å². The third-order valence-electron chi connectivity index (χ3n) is 5.62. The normalized spacial score (nSPS) is 15.7. The summed E-state index contributed by atoms with van der Waals surface area (Å²) in [6, 6.07) is 7.33. The number of aromatic nitrogens is 5. The molecule has 1 unspecified atom stereocenters. The number of hydrogen-bond acceptors (Lipinski definition) is 7. The molecule has 1 aliphatic heterocycles. The number of imidazole rings is 1. The minimum atomic E-state index is -0.241. The Morgan fingerprint density at radius 1 is 1.25 bits per heavy atom. The number of hydrogen-bond donors (Lipinski definition) is 3. The first kappa shape index (κ1) is 20.6. The van der Waals surface area contributed by atoms with Crippen LogP contribution < -0.4 is 10.6 Å². The lowest BCUT2D eigenvalue weighted by atomic mass is 10.0. The van der Waals surface area contributed by atoms with Gasteiger partial charge < -0.3 is 20.4 Å². The van der Waals surface area contributed by atoms with Gasteiger partial charge in [0.2, 0.25) is 0 Å². The number of halogens is 1. The van der Waals surface area contributed by atoms with Crippen molar-refractivity contribution in [1.82, 2.24) is 30.2 Å². The molecule has 10 heteroatoms. The lowest BCUT2D eigenvalue weighted by Gasteiger charge is -2.23. The molecular weight excluding hydrogens is 430 g/mol. The van der Waals surface area contributed by atoms with Gasteiger partial charge in [-0.15, -0.1) is 0 Å². The molecule has 9 nitrogen and oxygen atoms in total. The number of nitrogens with zero attached hydrogens (tertiary/aromatic N) is 4. The molecule has 1 saturated heterocycles. The van der Waals surface area contributed by atoms with E-state index in [1.54, 1.807) is 12.4 Å². The highest BCUT2D eigenvalue weighted by atomic mass is 35.5. The standard InChI is InChI=1S/C22H22ClN7O2/c1-12(28-21-19-20(25-10-24-19)26-11-27-21)16-9-13-3-2-4-15(23)17(13)18(30-16)22(31)29-14-5-7-32-8-6-14/h2-4,9-12,14H,5-8H2,1H3,(H,29,31)(H2,24,25,26,27,28). The van der Waals surface area contributed by atoms with Crippen molar-refractivity contribution in [2.24, 2.45) is 0 Å². The van der Waals surface area contributed by atoms with Gasteiger partial charge in [0.15, 0.2) is 11.5 Å². The van der Waals surface area contributed by atoms with E-state index in [0.29, 0.717) is 52.0 Å². The molecule has 4 heterocycles. The summed E-state index contributed by atoms with van der Waals surface area (Å²) < 4.78 is 5.39. The second-order valence-corrected chi connectivity index (χ2v) is 8.19. The van der Waals surface area contributed by atoms with E-state index in [-0.39, 0.29) is 18.0 Å². The predicted octanol–water partition coefficient (Wildman–Crippen LogP) is 3.64. The van der Waals surface area contributed by atoms with Crippen molar-refractivity contribution in [3.05, 3.63) is 53.3 Å². The first-order valence-corrected chi connectivity index (χ1v) is 10.9. The maximum absolute atomic E-state index is 13.2. The lowest BCUT2D eigenvalue weighted by molar-refractivity contribution is 0.0695. The predicted molar refractivity (Wildman–Crippen MR) is 122 cm³/mol. The van der Waals surface area contributed by atoms with Crippen LogP contribution in [-0.4, -0.2) is 50.1 Å². The van der Waals surface area contributed by atoms with Crippen LogP contribution in [0.3, 0.4) is 0 Å². The molecule has 1 aliphatic rings. The van der Waals surface area contributed by atoms with Crippen molar-refractivity contribution in [2.75, 3.05) is 18.5 Å². The maximum atomic E-state index is 13.2. The van der Waals surface area contributed by atoms with Gasteiger partial charge in [-0.3, -0.25) is 4.79 Å². The average molecular weight is 452 g/mol. The van der Waals surface area contributed by atoms with E-state index in [0.717, 1.165) is 18.2 Å². The minimum absolute atomic E-state index is 0.0597. The number of ether oxygens (including phenoxy) is 1. The van der Waals surface area contributed by atoms with E-state index in [1.807, 2.05) is 25.1 Å². The SMILES string of the molecule is CC(Nc1ncnc2nc[nH]c12)c1cc2cccc(Cl)c2c(C(=O)NC2CCOCC2)n1. The zero-order valence-corrected chi connectivity index (χ0v) is 18.2. The first-order chi connectivity index (χ1) is 15.6. The Bertz CT molecular complexity index is 1290. The fourth-order valence-electron chi connectivity index (χ4n) is 3.92. The van der Waals surface area contributed by atoms with Gasteiger partial charge in [0.05, 0.1) is 23.1 Å². The third-order valence-corrected chi connectivity index (χ3v) is 5.93. The number of fused-ring (bicyclic) bond motifs is 2. The number of rotatable bonds is 5. The Morgan fingerprint density at radius 3 is 2.94 bits per heavy atom. The van der Waals surface area contributed by atoms with Crippen LogP contribution in [0.2, 0.25) is 5.02 Å². The monoisotopic (exact) mass is 451 g/mol. The Hall–Kier alpha value is -3.30. The van der Waals surface area contributed by atoms with E-state index < -0.39 is 0 Å². The first-order valence-electron chi connectivity index (χ1n) is 10.5. The highest BCUT2D eigenvalue weighted by Crippen LogP contribution is 2.30. The van der Waals surface area contributed by atoms with Gasteiger partial charge in [0, 0.05) is 24.6 Å². The molecule has 1 atom stereocenters. The molecule has 0 aliphatic carbocycles. The minimum Gasteiger partial charge on any atom is -0.381 e. The molecule has 3 aromatic heterocycles. The molecule has 164 valence electrons. The summed E-state index contributed by atoms with van der Waals surface area (Å²) in [6.07, 6.45) is 4.59. The van der Waals surface area contributed by atoms with Crippen LogP contribution in [-0.2, 0) is 4.74 Å². The number of carbonyl (C=O) groups excluding carboxylic acids is 1. The zero-order chi connectivity index (χ0) is 22.1. The summed E-state index contributed by atoms with van der Waals surface area (Å²) >= 11 is 6.48. The molecule has 0 bridgehead atoms. The summed E-state index contributed by atoms with van der Waals surface area (Å²) in [4.78, 5) is 33.6. The van der Waals surface area contributed by atoms with Crippen molar-refractivity contribution in [1.29, 1.82) is 0 Å². The molecule has 0 spiro atoms. The second kappa shape index (κ2) is 8.68. The number of benzene rings is 1. The molecular formula is C22H22ClN7O2. The number of amides is 1.